The van der Waals surface area contributed by atoms with Gasteiger partial charge in [-0.2, -0.15) is 10.1 Å². The average Bonchev–Trinajstić information content (AvgIpc) is 3.04. The largest absolute Gasteiger partial charge is 0.573 e. The lowest BCUT2D eigenvalue weighted by Crippen LogP contribution is -2.17. The molecule has 28 heavy (non-hydrogen) atoms. The molecule has 2 aromatic carbocycles. The third-order valence-corrected chi connectivity index (χ3v) is 3.85. The fourth-order valence-corrected chi connectivity index (χ4v) is 2.74. The van der Waals surface area contributed by atoms with E-state index in [2.05, 4.69) is 30.2 Å². The first-order chi connectivity index (χ1) is 13.4. The molecule has 4 aromatic rings. The zero-order valence-corrected chi connectivity index (χ0v) is 14.2. The Balaban J connectivity index is 1.70. The molecule has 142 valence electrons. The summed E-state index contributed by atoms with van der Waals surface area (Å²) in [6, 6.07) is 12.7. The Morgan fingerprint density at radius 1 is 1.07 bits per heavy atom. The second kappa shape index (κ2) is 6.72. The van der Waals surface area contributed by atoms with Crippen LogP contribution in [0.25, 0.3) is 22.2 Å². The van der Waals surface area contributed by atoms with Gasteiger partial charge in [0.1, 0.15) is 17.3 Å². The van der Waals surface area contributed by atoms with Crippen molar-refractivity contribution in [3.05, 3.63) is 54.7 Å². The second-order valence-electron chi connectivity index (χ2n) is 5.83. The molecule has 0 saturated heterocycles. The van der Waals surface area contributed by atoms with Crippen LogP contribution in [0.15, 0.2) is 54.7 Å². The Hall–Kier alpha value is -3.82. The molecular formula is C18H13F3N6O. The topological polar surface area (TPSA) is 102 Å². The lowest BCUT2D eigenvalue weighted by Gasteiger charge is -2.09. The highest BCUT2D eigenvalue weighted by atomic mass is 19.4. The van der Waals surface area contributed by atoms with Gasteiger partial charge in [-0.3, -0.25) is 5.10 Å². The standard InChI is InChI=1S/C18H13F3N6O/c19-18(20,21)28-12-3-1-2-10(8-12)16-13-9-11(4-5-14(13)26-27-16)24-15-6-7-23-17(22)25-15/h1-9H,(H,26,27)(H3,22,23,24,25). The van der Waals surface area contributed by atoms with E-state index in [1.807, 2.05) is 12.1 Å². The summed E-state index contributed by atoms with van der Waals surface area (Å²) in [6.45, 7) is 0. The summed E-state index contributed by atoms with van der Waals surface area (Å²) < 4.78 is 41.4. The molecule has 0 saturated carbocycles. The Bertz CT molecular complexity index is 1140. The third-order valence-electron chi connectivity index (χ3n) is 3.85. The summed E-state index contributed by atoms with van der Waals surface area (Å²) in [7, 11) is 0. The zero-order valence-electron chi connectivity index (χ0n) is 14.2. The highest BCUT2D eigenvalue weighted by Gasteiger charge is 2.31. The highest BCUT2D eigenvalue weighted by Crippen LogP contribution is 2.32. The molecule has 0 unspecified atom stereocenters. The molecule has 7 nitrogen and oxygen atoms in total. The van der Waals surface area contributed by atoms with E-state index in [0.717, 1.165) is 10.9 Å². The molecule has 0 aliphatic heterocycles. The Kier molecular flexibility index (Phi) is 4.22. The fourth-order valence-electron chi connectivity index (χ4n) is 2.74. The first kappa shape index (κ1) is 17.6. The summed E-state index contributed by atoms with van der Waals surface area (Å²) in [4.78, 5) is 7.90. The van der Waals surface area contributed by atoms with Gasteiger partial charge in [-0.25, -0.2) is 4.98 Å². The summed E-state index contributed by atoms with van der Waals surface area (Å²) in [5.74, 6) is 0.334. The molecule has 0 aliphatic carbocycles. The minimum Gasteiger partial charge on any atom is -0.406 e. The van der Waals surface area contributed by atoms with Gasteiger partial charge in [-0.05, 0) is 36.4 Å². The molecule has 0 aliphatic rings. The van der Waals surface area contributed by atoms with Gasteiger partial charge in [-0.15, -0.1) is 13.2 Å². The number of alkyl halides is 3. The van der Waals surface area contributed by atoms with E-state index in [4.69, 9.17) is 5.73 Å². The molecule has 0 amide bonds. The quantitative estimate of drug-likeness (QED) is 0.485. The molecule has 0 bridgehead atoms. The number of nitrogens with zero attached hydrogens (tertiary/aromatic N) is 3. The van der Waals surface area contributed by atoms with Crippen LogP contribution >= 0.6 is 0 Å². The van der Waals surface area contributed by atoms with Gasteiger partial charge in [0.05, 0.1) is 5.52 Å². The summed E-state index contributed by atoms with van der Waals surface area (Å²) in [5.41, 5.74) is 7.98. The van der Waals surface area contributed by atoms with Crippen LogP contribution in [-0.2, 0) is 0 Å². The first-order valence-corrected chi connectivity index (χ1v) is 8.07. The van der Waals surface area contributed by atoms with Gasteiger partial charge in [0.15, 0.2) is 0 Å². The van der Waals surface area contributed by atoms with Crippen molar-refractivity contribution in [2.45, 2.75) is 6.36 Å². The van der Waals surface area contributed by atoms with Crippen molar-refractivity contribution in [2.24, 2.45) is 0 Å². The van der Waals surface area contributed by atoms with Crippen LogP contribution in [0.3, 0.4) is 0 Å². The molecular weight excluding hydrogens is 373 g/mol. The summed E-state index contributed by atoms with van der Waals surface area (Å²) in [6.07, 6.45) is -3.23. The minimum absolute atomic E-state index is 0.136. The van der Waals surface area contributed by atoms with Gasteiger partial charge >= 0.3 is 6.36 Å². The number of anilines is 3. The number of ether oxygens (including phenoxy) is 1. The first-order valence-electron chi connectivity index (χ1n) is 8.07. The van der Waals surface area contributed by atoms with Gasteiger partial charge in [0.2, 0.25) is 5.95 Å². The van der Waals surface area contributed by atoms with Crippen molar-refractivity contribution >= 4 is 28.4 Å². The van der Waals surface area contributed by atoms with Crippen molar-refractivity contribution in [3.63, 3.8) is 0 Å². The fraction of sp³-hybridized carbons (Fsp3) is 0.0556. The van der Waals surface area contributed by atoms with Crippen LogP contribution in [0.1, 0.15) is 0 Å². The van der Waals surface area contributed by atoms with Gasteiger partial charge in [-0.1, -0.05) is 12.1 Å². The van der Waals surface area contributed by atoms with Gasteiger partial charge in [0.25, 0.3) is 0 Å². The SMILES string of the molecule is Nc1nccc(Nc2ccc3[nH]nc(-c4cccc(OC(F)(F)F)c4)c3c2)n1. The lowest BCUT2D eigenvalue weighted by atomic mass is 10.1. The van der Waals surface area contributed by atoms with Crippen molar-refractivity contribution < 1.29 is 17.9 Å². The van der Waals surface area contributed by atoms with E-state index in [-0.39, 0.29) is 11.7 Å². The molecule has 0 atom stereocenters. The number of fused-ring (bicyclic) bond motifs is 1. The maximum Gasteiger partial charge on any atom is 0.573 e. The molecule has 4 rings (SSSR count). The monoisotopic (exact) mass is 386 g/mol. The van der Waals surface area contributed by atoms with Crippen LogP contribution in [0.2, 0.25) is 0 Å². The van der Waals surface area contributed by atoms with Crippen molar-refractivity contribution in [3.8, 4) is 17.0 Å². The van der Waals surface area contributed by atoms with Crippen molar-refractivity contribution in [1.82, 2.24) is 20.2 Å². The number of benzene rings is 2. The van der Waals surface area contributed by atoms with Crippen LogP contribution in [-0.4, -0.2) is 26.5 Å². The van der Waals surface area contributed by atoms with Crippen LogP contribution < -0.4 is 15.8 Å². The number of hydrogen-bond donors (Lipinski definition) is 3. The molecule has 0 radical (unpaired) electrons. The Morgan fingerprint density at radius 2 is 1.93 bits per heavy atom. The number of nitrogens with two attached hydrogens (primary N) is 1. The molecule has 10 heteroatoms. The van der Waals surface area contributed by atoms with Gasteiger partial charge < -0.3 is 15.8 Å². The lowest BCUT2D eigenvalue weighted by molar-refractivity contribution is -0.274. The molecule has 4 N–H and O–H groups in total. The van der Waals surface area contributed by atoms with E-state index in [9.17, 15) is 13.2 Å². The molecule has 2 aromatic heterocycles. The summed E-state index contributed by atoms with van der Waals surface area (Å²) >= 11 is 0. The van der Waals surface area contributed by atoms with Crippen LogP contribution in [0.5, 0.6) is 5.75 Å². The van der Waals surface area contributed by atoms with Crippen LogP contribution in [0.4, 0.5) is 30.6 Å². The highest BCUT2D eigenvalue weighted by molar-refractivity contribution is 5.95. The number of hydrogen-bond acceptors (Lipinski definition) is 6. The molecule has 0 fully saturated rings. The predicted molar refractivity (Wildman–Crippen MR) is 97.9 cm³/mol. The third kappa shape index (κ3) is 3.80. The number of H-pyrrole nitrogens is 1. The van der Waals surface area contributed by atoms with E-state index < -0.39 is 6.36 Å². The number of aromatic amines is 1. The zero-order chi connectivity index (χ0) is 19.7. The maximum absolute atomic E-state index is 12.5. The summed E-state index contributed by atoms with van der Waals surface area (Å²) in [5, 5.41) is 10.9. The molecule has 0 spiro atoms. The van der Waals surface area contributed by atoms with E-state index in [0.29, 0.717) is 22.8 Å². The number of nitrogen functional groups attached to an aromatic ring is 1. The van der Waals surface area contributed by atoms with Gasteiger partial charge in [0, 0.05) is 22.8 Å². The van der Waals surface area contributed by atoms with Crippen molar-refractivity contribution in [1.29, 1.82) is 0 Å². The van der Waals surface area contributed by atoms with E-state index in [1.165, 1.54) is 24.4 Å². The Morgan fingerprint density at radius 3 is 2.71 bits per heavy atom. The number of nitrogens with one attached hydrogen (secondary N) is 2. The van der Waals surface area contributed by atoms with E-state index >= 15 is 0 Å². The average molecular weight is 386 g/mol. The number of rotatable bonds is 4. The molecule has 2 heterocycles. The van der Waals surface area contributed by atoms with E-state index in [1.54, 1.807) is 18.2 Å². The maximum atomic E-state index is 12.5. The smallest absolute Gasteiger partial charge is 0.406 e. The second-order valence-corrected chi connectivity index (χ2v) is 5.83. The predicted octanol–water partition coefficient (Wildman–Crippen LogP) is 4.24. The minimum atomic E-state index is -4.76. The normalized spacial score (nSPS) is 11.5. The number of aromatic nitrogens is 4. The Labute approximate surface area is 156 Å². The van der Waals surface area contributed by atoms with Crippen molar-refractivity contribution in [2.75, 3.05) is 11.1 Å². The number of halogens is 3. The van der Waals surface area contributed by atoms with Crippen LogP contribution in [0, 0.1) is 0 Å².